The van der Waals surface area contributed by atoms with Gasteiger partial charge >= 0.3 is 0 Å². The lowest BCUT2D eigenvalue weighted by molar-refractivity contribution is 0.385. The summed E-state index contributed by atoms with van der Waals surface area (Å²) in [6.07, 6.45) is 0. The third-order valence-electron chi connectivity index (χ3n) is 3.09. The molecule has 0 atom stereocenters. The molecule has 1 N–H and O–H groups in total. The Bertz CT molecular complexity index is 808. The molecule has 0 spiro atoms. The van der Waals surface area contributed by atoms with Crippen molar-refractivity contribution in [2.45, 2.75) is 4.90 Å². The molecule has 124 valence electrons. The molecule has 2 rings (SSSR count). The standard InChI is InChI=1S/C15H16FNO5S/c1-20-10-4-6-13(15(8-10)22-3)17-23(18,19)11-5-7-14(21-2)12(16)9-11/h4-9,17H,1-3H3. The molecule has 0 aliphatic carbocycles. The van der Waals surface area contributed by atoms with Crippen LogP contribution in [0.5, 0.6) is 17.2 Å². The predicted molar refractivity (Wildman–Crippen MR) is 83.3 cm³/mol. The second kappa shape index (κ2) is 6.74. The summed E-state index contributed by atoms with van der Waals surface area (Å²) in [5.74, 6) is -0.00903. The van der Waals surface area contributed by atoms with Gasteiger partial charge in [0.15, 0.2) is 11.6 Å². The van der Waals surface area contributed by atoms with Crippen LogP contribution < -0.4 is 18.9 Å². The number of hydrogen-bond donors (Lipinski definition) is 1. The van der Waals surface area contributed by atoms with Gasteiger partial charge in [0, 0.05) is 6.07 Å². The van der Waals surface area contributed by atoms with Crippen LogP contribution in [0.3, 0.4) is 0 Å². The van der Waals surface area contributed by atoms with Gasteiger partial charge in [-0.2, -0.15) is 0 Å². The Morgan fingerprint density at radius 3 is 2.17 bits per heavy atom. The molecule has 8 heteroatoms. The van der Waals surface area contributed by atoms with Gasteiger partial charge in [0.05, 0.1) is 31.9 Å². The Labute approximate surface area is 133 Å². The maximum atomic E-state index is 13.7. The van der Waals surface area contributed by atoms with Gasteiger partial charge in [-0.15, -0.1) is 0 Å². The Balaban J connectivity index is 2.36. The molecule has 0 saturated carbocycles. The van der Waals surface area contributed by atoms with Crippen LogP contribution in [0.1, 0.15) is 0 Å². The van der Waals surface area contributed by atoms with Crippen LogP contribution in [0.4, 0.5) is 10.1 Å². The van der Waals surface area contributed by atoms with Crippen molar-refractivity contribution >= 4 is 15.7 Å². The summed E-state index contributed by atoms with van der Waals surface area (Å²) in [6, 6.07) is 7.99. The number of halogens is 1. The first-order valence-electron chi connectivity index (χ1n) is 6.49. The minimum Gasteiger partial charge on any atom is -0.497 e. The van der Waals surface area contributed by atoms with Gasteiger partial charge < -0.3 is 14.2 Å². The molecule has 2 aromatic carbocycles. The van der Waals surface area contributed by atoms with Gasteiger partial charge in [-0.05, 0) is 30.3 Å². The molecule has 0 saturated heterocycles. The maximum absolute atomic E-state index is 13.7. The minimum absolute atomic E-state index is 0.0361. The third kappa shape index (κ3) is 3.65. The predicted octanol–water partition coefficient (Wildman–Crippen LogP) is 2.65. The van der Waals surface area contributed by atoms with E-state index in [2.05, 4.69) is 4.72 Å². The lowest BCUT2D eigenvalue weighted by atomic mass is 10.3. The van der Waals surface area contributed by atoms with Crippen LogP contribution >= 0.6 is 0 Å². The van der Waals surface area contributed by atoms with Crippen LogP contribution in [0.2, 0.25) is 0 Å². The Morgan fingerprint density at radius 1 is 0.913 bits per heavy atom. The lowest BCUT2D eigenvalue weighted by Gasteiger charge is -2.13. The molecule has 0 radical (unpaired) electrons. The molecule has 6 nitrogen and oxygen atoms in total. The lowest BCUT2D eigenvalue weighted by Crippen LogP contribution is -2.14. The number of hydrogen-bond acceptors (Lipinski definition) is 5. The number of nitrogens with one attached hydrogen (secondary N) is 1. The van der Waals surface area contributed by atoms with E-state index in [1.54, 1.807) is 6.07 Å². The highest BCUT2D eigenvalue weighted by molar-refractivity contribution is 7.92. The number of ether oxygens (including phenoxy) is 3. The van der Waals surface area contributed by atoms with Crippen molar-refractivity contribution < 1.29 is 27.0 Å². The zero-order valence-electron chi connectivity index (χ0n) is 12.8. The van der Waals surface area contributed by atoms with Crippen molar-refractivity contribution in [1.82, 2.24) is 0 Å². The topological polar surface area (TPSA) is 73.9 Å². The summed E-state index contributed by atoms with van der Waals surface area (Å²) in [5.41, 5.74) is 0.213. The monoisotopic (exact) mass is 341 g/mol. The van der Waals surface area contributed by atoms with Crippen molar-refractivity contribution in [3.63, 3.8) is 0 Å². The van der Waals surface area contributed by atoms with Crippen LogP contribution in [0.25, 0.3) is 0 Å². The maximum Gasteiger partial charge on any atom is 0.262 e. The zero-order chi connectivity index (χ0) is 17.0. The number of rotatable bonds is 6. The molecule has 0 amide bonds. The first kappa shape index (κ1) is 16.9. The first-order chi connectivity index (χ1) is 10.9. The quantitative estimate of drug-likeness (QED) is 0.874. The van der Waals surface area contributed by atoms with Gasteiger partial charge in [0.2, 0.25) is 0 Å². The van der Waals surface area contributed by atoms with Crippen molar-refractivity contribution in [1.29, 1.82) is 0 Å². The van der Waals surface area contributed by atoms with E-state index in [1.165, 1.54) is 45.6 Å². The average molecular weight is 341 g/mol. The smallest absolute Gasteiger partial charge is 0.262 e. The van der Waals surface area contributed by atoms with E-state index >= 15 is 0 Å². The molecule has 0 unspecified atom stereocenters. The summed E-state index contributed by atoms with van der Waals surface area (Å²) >= 11 is 0. The SMILES string of the molecule is COc1ccc(NS(=O)(=O)c2ccc(OC)c(F)c2)c(OC)c1. The average Bonchev–Trinajstić information content (AvgIpc) is 2.54. The molecule has 0 bridgehead atoms. The van der Waals surface area contributed by atoms with Crippen molar-refractivity contribution in [2.75, 3.05) is 26.1 Å². The summed E-state index contributed by atoms with van der Waals surface area (Å²) < 4.78 is 55.7. The molecule has 0 fully saturated rings. The number of anilines is 1. The third-order valence-corrected chi connectivity index (χ3v) is 4.45. The van der Waals surface area contributed by atoms with Crippen LogP contribution in [-0.4, -0.2) is 29.7 Å². The molecule has 0 heterocycles. The van der Waals surface area contributed by atoms with E-state index in [4.69, 9.17) is 14.2 Å². The van der Waals surface area contributed by atoms with Gasteiger partial charge in [0.1, 0.15) is 11.5 Å². The van der Waals surface area contributed by atoms with Crippen LogP contribution in [-0.2, 0) is 10.0 Å². The second-order valence-corrected chi connectivity index (χ2v) is 6.15. The normalized spacial score (nSPS) is 11.0. The number of sulfonamides is 1. The van der Waals surface area contributed by atoms with Crippen LogP contribution in [0.15, 0.2) is 41.3 Å². The largest absolute Gasteiger partial charge is 0.497 e. The van der Waals surface area contributed by atoms with Crippen molar-refractivity contribution in [3.8, 4) is 17.2 Å². The fourth-order valence-electron chi connectivity index (χ4n) is 1.90. The molecular weight excluding hydrogens is 325 g/mol. The highest BCUT2D eigenvalue weighted by Gasteiger charge is 2.19. The molecule has 23 heavy (non-hydrogen) atoms. The summed E-state index contributed by atoms with van der Waals surface area (Å²) in [7, 11) is 0.207. The van der Waals surface area contributed by atoms with E-state index in [1.807, 2.05) is 0 Å². The fraction of sp³-hybridized carbons (Fsp3) is 0.200. The Kier molecular flexibility index (Phi) is 4.95. The van der Waals surface area contributed by atoms with Crippen molar-refractivity contribution in [2.24, 2.45) is 0 Å². The number of methoxy groups -OCH3 is 3. The van der Waals surface area contributed by atoms with E-state index in [0.717, 1.165) is 6.07 Å². The Hall–Kier alpha value is -2.48. The van der Waals surface area contributed by atoms with Gasteiger partial charge in [-0.1, -0.05) is 0 Å². The van der Waals surface area contributed by atoms with E-state index < -0.39 is 15.8 Å². The fourth-order valence-corrected chi connectivity index (χ4v) is 2.98. The summed E-state index contributed by atoms with van der Waals surface area (Å²) in [6.45, 7) is 0. The minimum atomic E-state index is -3.98. The molecule has 0 aliphatic rings. The van der Waals surface area contributed by atoms with Gasteiger partial charge in [0.25, 0.3) is 10.0 Å². The zero-order valence-corrected chi connectivity index (χ0v) is 13.6. The highest BCUT2D eigenvalue weighted by Crippen LogP contribution is 2.31. The first-order valence-corrected chi connectivity index (χ1v) is 7.98. The highest BCUT2D eigenvalue weighted by atomic mass is 32.2. The van der Waals surface area contributed by atoms with E-state index in [-0.39, 0.29) is 22.1 Å². The van der Waals surface area contributed by atoms with Gasteiger partial charge in [-0.25, -0.2) is 12.8 Å². The molecular formula is C15H16FNO5S. The second-order valence-electron chi connectivity index (χ2n) is 4.47. The van der Waals surface area contributed by atoms with Crippen LogP contribution in [0, 0.1) is 5.82 Å². The van der Waals surface area contributed by atoms with Crippen molar-refractivity contribution in [3.05, 3.63) is 42.2 Å². The van der Waals surface area contributed by atoms with E-state index in [0.29, 0.717) is 5.75 Å². The molecule has 0 aromatic heterocycles. The van der Waals surface area contributed by atoms with Gasteiger partial charge in [-0.3, -0.25) is 4.72 Å². The summed E-state index contributed by atoms with van der Waals surface area (Å²) in [5, 5.41) is 0. The van der Waals surface area contributed by atoms with E-state index in [9.17, 15) is 12.8 Å². The summed E-state index contributed by atoms with van der Waals surface area (Å²) in [4.78, 5) is -0.228. The Morgan fingerprint density at radius 2 is 1.61 bits per heavy atom. The molecule has 0 aliphatic heterocycles. The molecule has 2 aromatic rings. The number of benzene rings is 2.